The molecule has 0 saturated carbocycles. The molecule has 1 amide bonds. The second-order valence-corrected chi connectivity index (χ2v) is 7.17. The molecule has 25 heavy (non-hydrogen) atoms. The average molecular weight is 353 g/mol. The summed E-state index contributed by atoms with van der Waals surface area (Å²) >= 11 is 0. The van der Waals surface area contributed by atoms with E-state index in [2.05, 4.69) is 15.5 Å². The number of likely N-dealkylation sites (tertiary alicyclic amines) is 1. The highest BCUT2D eigenvalue weighted by Gasteiger charge is 2.30. The van der Waals surface area contributed by atoms with Crippen LogP contribution in [0, 0.1) is 5.92 Å². The molecular formula is C16H27N5O4. The standard InChI is InChI=1S/C16H27N5O4/c1-5-8-21-13(17-18-19-21)11-24-14(22)12-6-9-20(10-7-12)15(23)25-16(2,3)4/h12H,5-11H2,1-4H3. The van der Waals surface area contributed by atoms with Gasteiger partial charge in [0.25, 0.3) is 0 Å². The van der Waals surface area contributed by atoms with Crippen molar-refractivity contribution in [2.45, 2.75) is 65.7 Å². The summed E-state index contributed by atoms with van der Waals surface area (Å²) in [6.07, 6.45) is 1.70. The van der Waals surface area contributed by atoms with E-state index >= 15 is 0 Å². The summed E-state index contributed by atoms with van der Waals surface area (Å²) in [7, 11) is 0. The number of amides is 1. The van der Waals surface area contributed by atoms with Crippen molar-refractivity contribution in [2.24, 2.45) is 5.92 Å². The fourth-order valence-electron chi connectivity index (χ4n) is 2.59. The number of carbonyl (C=O) groups excluding carboxylic acids is 2. The van der Waals surface area contributed by atoms with Crippen LogP contribution < -0.4 is 0 Å². The zero-order valence-electron chi connectivity index (χ0n) is 15.4. The molecule has 0 spiro atoms. The van der Waals surface area contributed by atoms with E-state index in [1.54, 1.807) is 9.58 Å². The van der Waals surface area contributed by atoms with Crippen molar-refractivity contribution in [1.82, 2.24) is 25.1 Å². The lowest BCUT2D eigenvalue weighted by Crippen LogP contribution is -2.43. The van der Waals surface area contributed by atoms with Crippen molar-refractivity contribution in [1.29, 1.82) is 0 Å². The third kappa shape index (κ3) is 5.68. The van der Waals surface area contributed by atoms with E-state index in [4.69, 9.17) is 9.47 Å². The highest BCUT2D eigenvalue weighted by molar-refractivity contribution is 5.73. The molecule has 2 heterocycles. The molecule has 0 radical (unpaired) electrons. The molecule has 2 rings (SSSR count). The van der Waals surface area contributed by atoms with E-state index in [9.17, 15) is 9.59 Å². The van der Waals surface area contributed by atoms with Gasteiger partial charge in [0.1, 0.15) is 5.60 Å². The van der Waals surface area contributed by atoms with Gasteiger partial charge in [-0.1, -0.05) is 6.92 Å². The van der Waals surface area contributed by atoms with Crippen LogP contribution in [-0.4, -0.2) is 55.9 Å². The summed E-state index contributed by atoms with van der Waals surface area (Å²) < 4.78 is 12.3. The lowest BCUT2D eigenvalue weighted by atomic mass is 9.97. The monoisotopic (exact) mass is 353 g/mol. The number of tetrazole rings is 1. The topological polar surface area (TPSA) is 99.4 Å². The molecule has 140 valence electrons. The molecular weight excluding hydrogens is 326 g/mol. The Labute approximate surface area is 147 Å². The number of aryl methyl sites for hydroxylation is 1. The van der Waals surface area contributed by atoms with Crippen molar-refractivity contribution >= 4 is 12.1 Å². The van der Waals surface area contributed by atoms with Gasteiger partial charge >= 0.3 is 12.1 Å². The molecule has 9 nitrogen and oxygen atoms in total. The molecule has 0 N–H and O–H groups in total. The second kappa shape index (κ2) is 8.26. The van der Waals surface area contributed by atoms with Crippen molar-refractivity contribution in [3.63, 3.8) is 0 Å². The number of rotatable bonds is 5. The lowest BCUT2D eigenvalue weighted by molar-refractivity contribution is -0.151. The van der Waals surface area contributed by atoms with Crippen LogP contribution in [0.1, 0.15) is 52.8 Å². The number of hydrogen-bond acceptors (Lipinski definition) is 7. The van der Waals surface area contributed by atoms with E-state index < -0.39 is 5.60 Å². The minimum atomic E-state index is -0.519. The Balaban J connectivity index is 1.77. The van der Waals surface area contributed by atoms with Crippen molar-refractivity contribution in [2.75, 3.05) is 13.1 Å². The number of carbonyl (C=O) groups is 2. The Kier molecular flexibility index (Phi) is 6.33. The van der Waals surface area contributed by atoms with E-state index in [1.165, 1.54) is 0 Å². The van der Waals surface area contributed by atoms with Gasteiger partial charge in [-0.15, -0.1) is 5.10 Å². The normalized spacial score (nSPS) is 15.9. The minimum Gasteiger partial charge on any atom is -0.457 e. The van der Waals surface area contributed by atoms with Gasteiger partial charge in [-0.2, -0.15) is 0 Å². The van der Waals surface area contributed by atoms with E-state index in [1.807, 2.05) is 27.7 Å². The Morgan fingerprint density at radius 3 is 2.52 bits per heavy atom. The number of esters is 1. The second-order valence-electron chi connectivity index (χ2n) is 7.17. The van der Waals surface area contributed by atoms with Gasteiger partial charge in [-0.3, -0.25) is 4.79 Å². The Bertz CT molecular complexity index is 588. The first-order valence-electron chi connectivity index (χ1n) is 8.69. The van der Waals surface area contributed by atoms with Gasteiger partial charge in [-0.25, -0.2) is 9.48 Å². The van der Waals surface area contributed by atoms with Crippen molar-refractivity contribution in [3.05, 3.63) is 5.82 Å². The first-order chi connectivity index (χ1) is 11.8. The number of nitrogens with zero attached hydrogens (tertiary/aromatic N) is 5. The van der Waals surface area contributed by atoms with Crippen molar-refractivity contribution < 1.29 is 19.1 Å². The molecule has 0 unspecified atom stereocenters. The smallest absolute Gasteiger partial charge is 0.410 e. The maximum absolute atomic E-state index is 12.2. The van der Waals surface area contributed by atoms with E-state index in [0.29, 0.717) is 38.3 Å². The van der Waals surface area contributed by atoms with Gasteiger partial charge < -0.3 is 14.4 Å². The minimum absolute atomic E-state index is 0.0676. The largest absolute Gasteiger partial charge is 0.457 e. The predicted octanol–water partition coefficient (Wildman–Crippen LogP) is 1.77. The van der Waals surface area contributed by atoms with Gasteiger partial charge in [0.05, 0.1) is 5.92 Å². The molecule has 1 aliphatic rings. The lowest BCUT2D eigenvalue weighted by Gasteiger charge is -2.32. The molecule has 1 aromatic rings. The quantitative estimate of drug-likeness (QED) is 0.744. The fourth-order valence-corrected chi connectivity index (χ4v) is 2.59. The summed E-state index contributed by atoms with van der Waals surface area (Å²) in [5.74, 6) is 0.0606. The van der Waals surface area contributed by atoms with Gasteiger partial charge in [0.15, 0.2) is 12.4 Å². The van der Waals surface area contributed by atoms with Gasteiger partial charge in [0.2, 0.25) is 0 Å². The molecule has 0 bridgehead atoms. The molecule has 0 atom stereocenters. The third-order valence-electron chi connectivity index (χ3n) is 3.86. The Hall–Kier alpha value is -2.19. The average Bonchev–Trinajstić information content (AvgIpc) is 2.99. The molecule has 1 aliphatic heterocycles. The summed E-state index contributed by atoms with van der Waals surface area (Å²) in [5, 5.41) is 11.3. The Morgan fingerprint density at radius 2 is 1.92 bits per heavy atom. The van der Waals surface area contributed by atoms with Crippen LogP contribution in [0.4, 0.5) is 4.79 Å². The zero-order valence-corrected chi connectivity index (χ0v) is 15.4. The van der Waals surface area contributed by atoms with Gasteiger partial charge in [-0.05, 0) is 50.5 Å². The molecule has 1 aromatic heterocycles. The van der Waals surface area contributed by atoms with Crippen LogP contribution in [0.15, 0.2) is 0 Å². The van der Waals surface area contributed by atoms with Crippen LogP contribution >= 0.6 is 0 Å². The third-order valence-corrected chi connectivity index (χ3v) is 3.86. The number of hydrogen-bond donors (Lipinski definition) is 0. The van der Waals surface area contributed by atoms with Crippen LogP contribution in [0.25, 0.3) is 0 Å². The first-order valence-corrected chi connectivity index (χ1v) is 8.69. The van der Waals surface area contributed by atoms with Crippen molar-refractivity contribution in [3.8, 4) is 0 Å². The summed E-state index contributed by atoms with van der Waals surface area (Å²) in [5.41, 5.74) is -0.519. The van der Waals surface area contributed by atoms with Crippen LogP contribution in [-0.2, 0) is 27.4 Å². The van der Waals surface area contributed by atoms with Crippen LogP contribution in [0.2, 0.25) is 0 Å². The summed E-state index contributed by atoms with van der Waals surface area (Å²) in [6, 6.07) is 0. The predicted molar refractivity (Wildman–Crippen MR) is 88.4 cm³/mol. The molecule has 1 saturated heterocycles. The zero-order chi connectivity index (χ0) is 18.4. The fraction of sp³-hybridized carbons (Fsp3) is 0.812. The maximum Gasteiger partial charge on any atom is 0.410 e. The molecule has 9 heteroatoms. The number of aromatic nitrogens is 4. The first kappa shape index (κ1) is 19.1. The van der Waals surface area contributed by atoms with E-state index in [0.717, 1.165) is 6.42 Å². The number of piperidine rings is 1. The summed E-state index contributed by atoms with van der Waals surface area (Å²) in [6.45, 7) is 9.26. The van der Waals surface area contributed by atoms with Crippen LogP contribution in [0.3, 0.4) is 0 Å². The highest BCUT2D eigenvalue weighted by Crippen LogP contribution is 2.21. The molecule has 1 fully saturated rings. The highest BCUT2D eigenvalue weighted by atomic mass is 16.6. The molecule has 0 aliphatic carbocycles. The maximum atomic E-state index is 12.2. The number of ether oxygens (including phenoxy) is 2. The van der Waals surface area contributed by atoms with Crippen LogP contribution in [0.5, 0.6) is 0 Å². The molecule has 0 aromatic carbocycles. The van der Waals surface area contributed by atoms with E-state index in [-0.39, 0.29) is 24.6 Å². The van der Waals surface area contributed by atoms with Gasteiger partial charge in [0, 0.05) is 19.6 Å². The Morgan fingerprint density at radius 1 is 1.24 bits per heavy atom. The summed E-state index contributed by atoms with van der Waals surface area (Å²) in [4.78, 5) is 25.9. The SMILES string of the molecule is CCCn1nnnc1COC(=O)C1CCN(C(=O)OC(C)(C)C)CC1.